The molecule has 1 atom stereocenters. The highest BCUT2D eigenvalue weighted by Gasteiger charge is 2.08. The molecule has 3 heteroatoms. The minimum absolute atomic E-state index is 0.430. The van der Waals surface area contributed by atoms with Crippen molar-refractivity contribution < 1.29 is 5.11 Å². The average molecular weight is 194 g/mol. The maximum Gasteiger partial charge on any atom is 0.0916 e. The van der Waals surface area contributed by atoms with E-state index >= 15 is 0 Å². The molecule has 3 nitrogen and oxygen atoms in total. The van der Waals surface area contributed by atoms with Crippen molar-refractivity contribution in [1.29, 1.82) is 0 Å². The molecule has 3 N–H and O–H groups in total. The van der Waals surface area contributed by atoms with Crippen LogP contribution in [0.25, 0.3) is 0 Å². The summed E-state index contributed by atoms with van der Waals surface area (Å²) >= 11 is 0. The van der Waals surface area contributed by atoms with Gasteiger partial charge in [-0.2, -0.15) is 0 Å². The van der Waals surface area contributed by atoms with Gasteiger partial charge in [-0.1, -0.05) is 19.1 Å². The van der Waals surface area contributed by atoms with Gasteiger partial charge in [-0.15, -0.1) is 0 Å². The number of benzene rings is 1. The molecule has 1 rings (SSSR count). The third-order valence-electron chi connectivity index (χ3n) is 2.35. The van der Waals surface area contributed by atoms with E-state index in [1.54, 1.807) is 0 Å². The molecule has 0 heterocycles. The van der Waals surface area contributed by atoms with E-state index in [1.807, 2.05) is 31.3 Å². The van der Waals surface area contributed by atoms with Crippen molar-refractivity contribution in [3.05, 3.63) is 29.8 Å². The second kappa shape index (κ2) is 4.98. The minimum Gasteiger partial charge on any atom is -0.399 e. The van der Waals surface area contributed by atoms with Gasteiger partial charge < -0.3 is 15.7 Å². The number of anilines is 1. The number of likely N-dealkylation sites (N-methyl/N-ethyl adjacent to an activating group) is 1. The van der Waals surface area contributed by atoms with Crippen molar-refractivity contribution in [1.82, 2.24) is 4.90 Å². The first-order valence-corrected chi connectivity index (χ1v) is 4.85. The van der Waals surface area contributed by atoms with Crippen molar-refractivity contribution in [2.45, 2.75) is 13.0 Å². The van der Waals surface area contributed by atoms with Gasteiger partial charge in [0.15, 0.2) is 0 Å². The molecule has 0 fully saturated rings. The lowest BCUT2D eigenvalue weighted by atomic mass is 10.1. The molecule has 1 aromatic carbocycles. The van der Waals surface area contributed by atoms with Crippen molar-refractivity contribution >= 4 is 5.69 Å². The molecular formula is C11H18N2O. The van der Waals surface area contributed by atoms with E-state index in [1.165, 1.54) is 0 Å². The Morgan fingerprint density at radius 3 is 2.43 bits per heavy atom. The van der Waals surface area contributed by atoms with Gasteiger partial charge >= 0.3 is 0 Å². The molecule has 0 aliphatic rings. The minimum atomic E-state index is -0.430. The normalized spacial score (nSPS) is 13.1. The summed E-state index contributed by atoms with van der Waals surface area (Å²) in [7, 11) is 1.99. The van der Waals surface area contributed by atoms with Crippen LogP contribution in [0.3, 0.4) is 0 Å². The van der Waals surface area contributed by atoms with Crippen LogP contribution >= 0.6 is 0 Å². The van der Waals surface area contributed by atoms with Gasteiger partial charge in [-0.25, -0.2) is 0 Å². The van der Waals surface area contributed by atoms with Crippen LogP contribution in [0.1, 0.15) is 18.6 Å². The molecule has 0 aliphatic heterocycles. The number of hydrogen-bond donors (Lipinski definition) is 2. The van der Waals surface area contributed by atoms with E-state index in [9.17, 15) is 5.11 Å². The highest BCUT2D eigenvalue weighted by atomic mass is 16.3. The van der Waals surface area contributed by atoms with Gasteiger partial charge in [0.25, 0.3) is 0 Å². The van der Waals surface area contributed by atoms with E-state index in [0.717, 1.165) is 17.8 Å². The summed E-state index contributed by atoms with van der Waals surface area (Å²) < 4.78 is 0. The highest BCUT2D eigenvalue weighted by molar-refractivity contribution is 5.39. The number of aliphatic hydroxyl groups is 1. The first kappa shape index (κ1) is 11.0. The highest BCUT2D eigenvalue weighted by Crippen LogP contribution is 2.15. The molecule has 0 radical (unpaired) electrons. The monoisotopic (exact) mass is 194 g/mol. The predicted octanol–water partition coefficient (Wildman–Crippen LogP) is 1.25. The second-order valence-corrected chi connectivity index (χ2v) is 3.54. The Morgan fingerprint density at radius 2 is 1.93 bits per heavy atom. The third kappa shape index (κ3) is 3.01. The van der Waals surface area contributed by atoms with Gasteiger partial charge in [0.2, 0.25) is 0 Å². The lowest BCUT2D eigenvalue weighted by Crippen LogP contribution is -2.24. The summed E-state index contributed by atoms with van der Waals surface area (Å²) in [6, 6.07) is 7.35. The Kier molecular flexibility index (Phi) is 3.92. The summed E-state index contributed by atoms with van der Waals surface area (Å²) in [5.41, 5.74) is 7.21. The van der Waals surface area contributed by atoms with Gasteiger partial charge in [0.1, 0.15) is 0 Å². The molecule has 0 saturated carbocycles. The van der Waals surface area contributed by atoms with Gasteiger partial charge in [0, 0.05) is 12.2 Å². The standard InChI is InChI=1S/C11H18N2O/c1-3-13(2)8-11(14)9-4-6-10(12)7-5-9/h4-7,11,14H,3,8,12H2,1-2H3/t11-/m0/s1. The zero-order valence-corrected chi connectivity index (χ0v) is 8.77. The fraction of sp³-hybridized carbons (Fsp3) is 0.455. The Bertz CT molecular complexity index is 271. The number of nitrogens with two attached hydrogens (primary N) is 1. The van der Waals surface area contributed by atoms with Crippen LogP contribution in [0.2, 0.25) is 0 Å². The summed E-state index contributed by atoms with van der Waals surface area (Å²) in [6.45, 7) is 3.65. The van der Waals surface area contributed by atoms with E-state index in [2.05, 4.69) is 11.8 Å². The van der Waals surface area contributed by atoms with Gasteiger partial charge in [0.05, 0.1) is 6.10 Å². The first-order chi connectivity index (χ1) is 6.63. The van der Waals surface area contributed by atoms with Crippen LogP contribution in [-0.2, 0) is 0 Å². The van der Waals surface area contributed by atoms with Crippen LogP contribution in [0, 0.1) is 0 Å². The maximum absolute atomic E-state index is 9.83. The van der Waals surface area contributed by atoms with E-state index < -0.39 is 6.10 Å². The Hall–Kier alpha value is -1.06. The molecule has 0 saturated heterocycles. The van der Waals surface area contributed by atoms with Crippen LogP contribution < -0.4 is 5.73 Å². The molecule has 78 valence electrons. The SMILES string of the molecule is CCN(C)C[C@H](O)c1ccc(N)cc1. The smallest absolute Gasteiger partial charge is 0.0916 e. The Balaban J connectivity index is 2.60. The third-order valence-corrected chi connectivity index (χ3v) is 2.35. The lowest BCUT2D eigenvalue weighted by molar-refractivity contribution is 0.129. The Labute approximate surface area is 85.2 Å². The molecule has 0 bridgehead atoms. The molecular weight excluding hydrogens is 176 g/mol. The summed E-state index contributed by atoms with van der Waals surface area (Å²) in [4.78, 5) is 2.07. The fourth-order valence-electron chi connectivity index (χ4n) is 1.25. The zero-order chi connectivity index (χ0) is 10.6. The molecule has 1 aromatic rings. The quantitative estimate of drug-likeness (QED) is 0.709. The van der Waals surface area contributed by atoms with Crippen LogP contribution in [0.15, 0.2) is 24.3 Å². The number of aliphatic hydroxyl groups excluding tert-OH is 1. The number of nitrogens with zero attached hydrogens (tertiary/aromatic N) is 1. The molecule has 0 aliphatic carbocycles. The van der Waals surface area contributed by atoms with Crippen molar-refractivity contribution in [2.24, 2.45) is 0 Å². The predicted molar refractivity (Wildman–Crippen MR) is 59.0 cm³/mol. The first-order valence-electron chi connectivity index (χ1n) is 4.85. The van der Waals surface area contributed by atoms with Crippen LogP contribution in [-0.4, -0.2) is 30.1 Å². The van der Waals surface area contributed by atoms with Gasteiger partial charge in [-0.05, 0) is 31.3 Å². The Morgan fingerprint density at radius 1 is 1.36 bits per heavy atom. The lowest BCUT2D eigenvalue weighted by Gasteiger charge is -2.18. The van der Waals surface area contributed by atoms with E-state index in [0.29, 0.717) is 6.54 Å². The molecule has 0 aromatic heterocycles. The molecule has 0 amide bonds. The van der Waals surface area contributed by atoms with Gasteiger partial charge in [-0.3, -0.25) is 0 Å². The largest absolute Gasteiger partial charge is 0.399 e. The molecule has 14 heavy (non-hydrogen) atoms. The molecule has 0 spiro atoms. The number of hydrogen-bond acceptors (Lipinski definition) is 3. The zero-order valence-electron chi connectivity index (χ0n) is 8.77. The number of nitrogen functional groups attached to an aromatic ring is 1. The molecule has 0 unspecified atom stereocenters. The summed E-state index contributed by atoms with van der Waals surface area (Å²) in [6.07, 6.45) is -0.430. The fourth-order valence-corrected chi connectivity index (χ4v) is 1.25. The second-order valence-electron chi connectivity index (χ2n) is 3.54. The summed E-state index contributed by atoms with van der Waals surface area (Å²) in [5, 5.41) is 9.83. The van der Waals surface area contributed by atoms with Crippen molar-refractivity contribution in [2.75, 3.05) is 25.9 Å². The van der Waals surface area contributed by atoms with E-state index in [-0.39, 0.29) is 0 Å². The number of rotatable bonds is 4. The van der Waals surface area contributed by atoms with Crippen LogP contribution in [0.5, 0.6) is 0 Å². The average Bonchev–Trinajstić information content (AvgIpc) is 2.18. The topological polar surface area (TPSA) is 49.5 Å². The van der Waals surface area contributed by atoms with Crippen molar-refractivity contribution in [3.63, 3.8) is 0 Å². The van der Waals surface area contributed by atoms with Crippen LogP contribution in [0.4, 0.5) is 5.69 Å². The van der Waals surface area contributed by atoms with E-state index in [4.69, 9.17) is 5.73 Å². The van der Waals surface area contributed by atoms with Crippen molar-refractivity contribution in [3.8, 4) is 0 Å². The maximum atomic E-state index is 9.83. The summed E-state index contributed by atoms with van der Waals surface area (Å²) in [5.74, 6) is 0.